The highest BCUT2D eigenvalue weighted by Crippen LogP contribution is 2.25. The Morgan fingerprint density at radius 2 is 2.18 bits per heavy atom. The number of rotatable bonds is 7. The molecule has 0 aliphatic carbocycles. The molecule has 3 aromatic rings. The van der Waals surface area contributed by atoms with Crippen molar-refractivity contribution in [2.24, 2.45) is 0 Å². The summed E-state index contributed by atoms with van der Waals surface area (Å²) in [5.41, 5.74) is 0.880. The highest BCUT2D eigenvalue weighted by molar-refractivity contribution is 7.09. The molecule has 0 bridgehead atoms. The van der Waals surface area contributed by atoms with Gasteiger partial charge in [0.25, 0.3) is 5.89 Å². The van der Waals surface area contributed by atoms with Crippen LogP contribution < -0.4 is 11.1 Å². The molecule has 0 unspecified atom stereocenters. The SMILES string of the molecule is Cc1nc(-c2cc(-c3nn(CC(=O)NCCC4OCCO4)c(=O)o3)no2)cs1. The fourth-order valence-corrected chi connectivity index (χ4v) is 3.18. The maximum atomic E-state index is 12.0. The van der Waals surface area contributed by atoms with Crippen molar-refractivity contribution in [3.8, 4) is 23.0 Å². The Hall–Kier alpha value is -2.83. The summed E-state index contributed by atoms with van der Waals surface area (Å²) in [5.74, 6) is -0.737. The van der Waals surface area contributed by atoms with Crippen molar-refractivity contribution in [2.45, 2.75) is 26.2 Å². The van der Waals surface area contributed by atoms with Crippen LogP contribution in [0.5, 0.6) is 0 Å². The first kappa shape index (κ1) is 18.5. The molecule has 0 saturated carbocycles. The summed E-state index contributed by atoms with van der Waals surface area (Å²) in [6.45, 7) is 3.08. The molecule has 3 aromatic heterocycles. The number of nitrogens with zero attached hydrogens (tertiary/aromatic N) is 4. The standard InChI is InChI=1S/C16H17N5O6S/c1-9-18-11(8-28-9)12-6-10(20-27-12)15-19-21(16(23)26-15)7-13(22)17-3-2-14-24-4-5-25-14/h6,8,14H,2-5,7H2,1H3,(H,17,22). The first-order chi connectivity index (χ1) is 13.6. The Kier molecular flexibility index (Phi) is 5.32. The van der Waals surface area contributed by atoms with E-state index >= 15 is 0 Å². The minimum atomic E-state index is -0.762. The van der Waals surface area contributed by atoms with Gasteiger partial charge < -0.3 is 23.7 Å². The van der Waals surface area contributed by atoms with E-state index in [9.17, 15) is 9.59 Å². The molecule has 1 amide bonds. The van der Waals surface area contributed by atoms with Gasteiger partial charge in [-0.1, -0.05) is 5.16 Å². The highest BCUT2D eigenvalue weighted by Gasteiger charge is 2.19. The predicted octanol–water partition coefficient (Wildman–Crippen LogP) is 0.802. The van der Waals surface area contributed by atoms with Crippen LogP contribution in [-0.4, -0.2) is 51.9 Å². The number of aryl methyl sites for hydroxylation is 1. The Labute approximate surface area is 162 Å². The second-order valence-electron chi connectivity index (χ2n) is 5.97. The van der Waals surface area contributed by atoms with Crippen LogP contribution >= 0.6 is 11.3 Å². The zero-order valence-electron chi connectivity index (χ0n) is 14.9. The van der Waals surface area contributed by atoms with Gasteiger partial charge in [-0.05, 0) is 6.92 Å². The molecule has 1 aliphatic heterocycles. The van der Waals surface area contributed by atoms with Crippen molar-refractivity contribution in [1.82, 2.24) is 25.2 Å². The zero-order chi connectivity index (χ0) is 19.5. The van der Waals surface area contributed by atoms with Crippen LogP contribution in [-0.2, 0) is 20.8 Å². The number of hydrogen-bond donors (Lipinski definition) is 1. The van der Waals surface area contributed by atoms with E-state index in [1.54, 1.807) is 6.07 Å². The molecule has 1 fully saturated rings. The number of carbonyl (C=O) groups excluding carboxylic acids is 1. The second kappa shape index (κ2) is 8.04. The molecule has 0 aromatic carbocycles. The lowest BCUT2D eigenvalue weighted by molar-refractivity contribution is -0.122. The van der Waals surface area contributed by atoms with Crippen molar-refractivity contribution < 1.29 is 23.2 Å². The molecule has 28 heavy (non-hydrogen) atoms. The average Bonchev–Trinajstić information content (AvgIpc) is 3.43. The topological polar surface area (TPSA) is 135 Å². The third kappa shape index (κ3) is 4.18. The maximum absolute atomic E-state index is 12.0. The number of aromatic nitrogens is 4. The predicted molar refractivity (Wildman–Crippen MR) is 95.4 cm³/mol. The van der Waals surface area contributed by atoms with Crippen LogP contribution in [0.4, 0.5) is 0 Å². The molecule has 12 heteroatoms. The average molecular weight is 407 g/mol. The van der Waals surface area contributed by atoms with Gasteiger partial charge in [0.2, 0.25) is 5.91 Å². The number of thiazole rings is 1. The summed E-state index contributed by atoms with van der Waals surface area (Å²) >= 11 is 1.48. The van der Waals surface area contributed by atoms with Crippen molar-refractivity contribution in [3.63, 3.8) is 0 Å². The maximum Gasteiger partial charge on any atom is 0.437 e. The van der Waals surface area contributed by atoms with Crippen LogP contribution in [0.3, 0.4) is 0 Å². The van der Waals surface area contributed by atoms with Crippen LogP contribution in [0, 0.1) is 6.92 Å². The summed E-state index contributed by atoms with van der Waals surface area (Å²) in [5, 5.41) is 13.3. The number of ether oxygens (including phenoxy) is 2. The van der Waals surface area contributed by atoms with Crippen LogP contribution in [0.15, 0.2) is 25.2 Å². The molecule has 1 saturated heterocycles. The summed E-state index contributed by atoms with van der Waals surface area (Å²) in [6, 6.07) is 1.58. The Bertz CT molecular complexity index is 1010. The minimum absolute atomic E-state index is 0.0347. The number of amides is 1. The summed E-state index contributed by atoms with van der Waals surface area (Å²) in [6.07, 6.45) is 0.229. The molecular formula is C16H17N5O6S. The van der Waals surface area contributed by atoms with Crippen LogP contribution in [0.1, 0.15) is 11.4 Å². The molecular weight excluding hydrogens is 390 g/mol. The van der Waals surface area contributed by atoms with E-state index < -0.39 is 5.76 Å². The van der Waals surface area contributed by atoms with Gasteiger partial charge in [-0.15, -0.1) is 16.4 Å². The van der Waals surface area contributed by atoms with E-state index in [0.29, 0.717) is 37.6 Å². The number of carbonyl (C=O) groups is 1. The van der Waals surface area contributed by atoms with Gasteiger partial charge in [0.05, 0.1) is 18.2 Å². The molecule has 1 aliphatic rings. The summed E-state index contributed by atoms with van der Waals surface area (Å²) < 4.78 is 21.8. The summed E-state index contributed by atoms with van der Waals surface area (Å²) in [4.78, 5) is 28.3. The van der Waals surface area contributed by atoms with Crippen LogP contribution in [0.2, 0.25) is 0 Å². The van der Waals surface area contributed by atoms with Gasteiger partial charge in [-0.3, -0.25) is 4.79 Å². The van der Waals surface area contributed by atoms with Gasteiger partial charge >= 0.3 is 5.76 Å². The van der Waals surface area contributed by atoms with E-state index in [0.717, 1.165) is 9.69 Å². The van der Waals surface area contributed by atoms with Crippen molar-refractivity contribution >= 4 is 17.2 Å². The van der Waals surface area contributed by atoms with E-state index in [1.807, 2.05) is 12.3 Å². The molecule has 11 nitrogen and oxygen atoms in total. The van der Waals surface area contributed by atoms with E-state index in [-0.39, 0.29) is 30.3 Å². The highest BCUT2D eigenvalue weighted by atomic mass is 32.1. The van der Waals surface area contributed by atoms with Crippen molar-refractivity contribution in [2.75, 3.05) is 19.8 Å². The minimum Gasteiger partial charge on any atom is -0.386 e. The quantitative estimate of drug-likeness (QED) is 0.603. The smallest absolute Gasteiger partial charge is 0.386 e. The molecule has 148 valence electrons. The molecule has 4 rings (SSSR count). The molecule has 0 atom stereocenters. The Balaban J connectivity index is 1.37. The van der Waals surface area contributed by atoms with Gasteiger partial charge in [0, 0.05) is 24.4 Å². The normalized spacial score (nSPS) is 14.6. The zero-order valence-corrected chi connectivity index (χ0v) is 15.7. The first-order valence-electron chi connectivity index (χ1n) is 8.56. The fourth-order valence-electron chi connectivity index (χ4n) is 2.58. The van der Waals surface area contributed by atoms with Crippen molar-refractivity contribution in [3.05, 3.63) is 27.0 Å². The lowest BCUT2D eigenvalue weighted by Crippen LogP contribution is -2.33. The molecule has 4 heterocycles. The molecule has 0 spiro atoms. The third-order valence-electron chi connectivity index (χ3n) is 3.89. The summed E-state index contributed by atoms with van der Waals surface area (Å²) in [7, 11) is 0. The van der Waals surface area contributed by atoms with Gasteiger partial charge in [-0.25, -0.2) is 9.78 Å². The third-order valence-corrected chi connectivity index (χ3v) is 4.67. The Morgan fingerprint density at radius 3 is 2.93 bits per heavy atom. The number of hydrogen-bond acceptors (Lipinski definition) is 10. The van der Waals surface area contributed by atoms with E-state index in [1.165, 1.54) is 11.3 Å². The fraction of sp³-hybridized carbons (Fsp3) is 0.438. The largest absolute Gasteiger partial charge is 0.437 e. The second-order valence-corrected chi connectivity index (χ2v) is 7.03. The van der Waals surface area contributed by atoms with Gasteiger partial charge in [0.15, 0.2) is 17.7 Å². The van der Waals surface area contributed by atoms with Gasteiger partial charge in [-0.2, -0.15) is 4.68 Å². The van der Waals surface area contributed by atoms with Gasteiger partial charge in [0.1, 0.15) is 12.2 Å². The van der Waals surface area contributed by atoms with Crippen molar-refractivity contribution in [1.29, 1.82) is 0 Å². The first-order valence-corrected chi connectivity index (χ1v) is 9.44. The monoisotopic (exact) mass is 407 g/mol. The van der Waals surface area contributed by atoms with Crippen LogP contribution in [0.25, 0.3) is 23.0 Å². The molecule has 1 N–H and O–H groups in total. The molecule has 0 radical (unpaired) electrons. The lowest BCUT2D eigenvalue weighted by atomic mass is 10.3. The number of nitrogens with one attached hydrogen (secondary N) is 1. The lowest BCUT2D eigenvalue weighted by Gasteiger charge is -2.09. The van der Waals surface area contributed by atoms with E-state index in [4.69, 9.17) is 18.4 Å². The Morgan fingerprint density at radius 1 is 1.36 bits per heavy atom. The van der Waals surface area contributed by atoms with E-state index in [2.05, 4.69) is 20.6 Å².